The van der Waals surface area contributed by atoms with Crippen molar-refractivity contribution in [1.29, 1.82) is 0 Å². The molecule has 15 atom stereocenters. The number of aliphatic hydroxyl groups is 3. The molecule has 2 saturated heterocycles. The fourth-order valence-corrected chi connectivity index (χ4v) is 12.5. The van der Waals surface area contributed by atoms with Crippen LogP contribution in [0.4, 0.5) is 0 Å². The van der Waals surface area contributed by atoms with Gasteiger partial charge in [0.1, 0.15) is 30.1 Å². The lowest BCUT2D eigenvalue weighted by Gasteiger charge is -2.43. The summed E-state index contributed by atoms with van der Waals surface area (Å²) in [5.74, 6) is -9.15. The molecule has 1 aliphatic carbocycles. The van der Waals surface area contributed by atoms with Gasteiger partial charge < -0.3 is 48.6 Å². The highest BCUT2D eigenvalue weighted by atomic mass is 32.2. The molecule has 4 rings (SSSR count). The van der Waals surface area contributed by atoms with Crippen LogP contribution in [0.25, 0.3) is 0 Å². The third-order valence-electron chi connectivity index (χ3n) is 16.0. The molecule has 18 nitrogen and oxygen atoms in total. The number of cyclic esters (lactones) is 1. The number of hydrogen-bond acceptors (Lipinski definition) is 16. The predicted molar refractivity (Wildman–Crippen MR) is 282 cm³/mol. The summed E-state index contributed by atoms with van der Waals surface area (Å²) in [5.41, 5.74) is 0.988. The zero-order valence-electron chi connectivity index (χ0n) is 46.5. The number of nitrogens with zero attached hydrogens (tertiary/aromatic N) is 2. The van der Waals surface area contributed by atoms with E-state index in [4.69, 9.17) is 28.4 Å². The summed E-state index contributed by atoms with van der Waals surface area (Å²) < 4.78 is 63.4. The van der Waals surface area contributed by atoms with E-state index in [1.807, 2.05) is 26.0 Å². The number of esters is 1. The van der Waals surface area contributed by atoms with Gasteiger partial charge in [-0.1, -0.05) is 76.6 Å². The van der Waals surface area contributed by atoms with Crippen LogP contribution >= 0.6 is 0 Å². The van der Waals surface area contributed by atoms with E-state index in [2.05, 4.69) is 0 Å². The van der Waals surface area contributed by atoms with E-state index < -0.39 is 87.7 Å². The predicted octanol–water partition coefficient (Wildman–Crippen LogP) is 5.46. The smallest absolute Gasteiger partial charge is 0.329 e. The number of carbonyl (C=O) groups excluding carboxylic acids is 5. The van der Waals surface area contributed by atoms with Gasteiger partial charge in [0.25, 0.3) is 11.7 Å². The molecule has 0 aromatic carbocycles. The maximum atomic E-state index is 14.6. The van der Waals surface area contributed by atoms with Gasteiger partial charge in [-0.15, -0.1) is 0 Å². The van der Waals surface area contributed by atoms with Crippen LogP contribution in [0.3, 0.4) is 0 Å². The molecule has 426 valence electrons. The molecule has 1 saturated carbocycles. The molecule has 1 amide bonds. The van der Waals surface area contributed by atoms with Crippen molar-refractivity contribution in [2.45, 2.75) is 180 Å². The molecule has 2 bridgehead atoms. The second-order valence-corrected chi connectivity index (χ2v) is 23.9. The lowest BCUT2D eigenvalue weighted by molar-refractivity contribution is -0.264. The fraction of sp³-hybridized carbons (Fsp3) is 0.768. The minimum absolute atomic E-state index is 0.0162. The number of allylic oxidation sites excluding steroid dienone is 6. The highest BCUT2D eigenvalue weighted by Crippen LogP contribution is 2.38. The van der Waals surface area contributed by atoms with Crippen LogP contribution in [0.5, 0.6) is 0 Å². The van der Waals surface area contributed by atoms with Gasteiger partial charge in [-0.05, 0) is 108 Å². The number of ketones is 3. The number of amides is 1. The normalized spacial score (nSPS) is 35.8. The number of Topliss-reactive ketones (excluding diaryl/α,β-unsaturated/α-hetero) is 3. The van der Waals surface area contributed by atoms with Crippen molar-refractivity contribution in [3.63, 3.8) is 0 Å². The number of aliphatic hydroxyl groups excluding tert-OH is 2. The standard InChI is InChI=1S/C56H90N2O16S/c1-35-17-13-12-14-18-36(2)45(57(8)75(67,68)28-27-69-9)33-43-22-20-41(7)56(66,74-43)53(63)54(64)58-24-16-15-19-44(58)55(65)73-48(38(4)31-42-21-23-47(72-26-25-59)49(32-42)70-10)34-46(60)37(3)30-40(6)51(62)52(71-11)50(61)39(5)29-35/h12-14,17-18,30,35,37-39,41-45,47-49,51-52,59,62,66H,15-16,19-29,31-34H2,1-11H3/b14-12?,17-13+,36-18?,40-30+. The van der Waals surface area contributed by atoms with Crippen LogP contribution < -0.4 is 0 Å². The third-order valence-corrected chi connectivity index (χ3v) is 17.9. The zero-order chi connectivity index (χ0) is 55.8. The van der Waals surface area contributed by atoms with Crippen molar-refractivity contribution < 1.29 is 76.1 Å². The van der Waals surface area contributed by atoms with Crippen molar-refractivity contribution in [2.24, 2.45) is 35.5 Å². The molecule has 19 heteroatoms. The van der Waals surface area contributed by atoms with E-state index in [1.54, 1.807) is 66.0 Å². The average Bonchev–Trinajstić information content (AvgIpc) is 3.38. The summed E-state index contributed by atoms with van der Waals surface area (Å²) in [7, 11) is 1.95. The topological polar surface area (TPSA) is 242 Å². The third kappa shape index (κ3) is 17.5. The van der Waals surface area contributed by atoms with Crippen molar-refractivity contribution in [1.82, 2.24) is 9.21 Å². The van der Waals surface area contributed by atoms with Gasteiger partial charge in [0.05, 0.1) is 43.9 Å². The first-order valence-electron chi connectivity index (χ1n) is 27.1. The maximum absolute atomic E-state index is 14.6. The summed E-state index contributed by atoms with van der Waals surface area (Å²) in [4.78, 5) is 72.9. The molecule has 0 spiro atoms. The molecular weight excluding hydrogens is 989 g/mol. The Balaban J connectivity index is 1.76. The van der Waals surface area contributed by atoms with Crippen molar-refractivity contribution in [2.75, 3.05) is 60.5 Å². The Morgan fingerprint density at radius 2 is 1.60 bits per heavy atom. The Morgan fingerprint density at radius 1 is 0.880 bits per heavy atom. The van der Waals surface area contributed by atoms with E-state index in [-0.39, 0.29) is 99.3 Å². The minimum Gasteiger partial charge on any atom is -0.460 e. The maximum Gasteiger partial charge on any atom is 0.329 e. The minimum atomic E-state index is -3.89. The summed E-state index contributed by atoms with van der Waals surface area (Å²) >= 11 is 0. The van der Waals surface area contributed by atoms with Gasteiger partial charge >= 0.3 is 5.97 Å². The number of likely N-dealkylation sites (N-methyl/N-ethyl adjacent to an activating group) is 1. The van der Waals surface area contributed by atoms with Gasteiger partial charge in [0.15, 0.2) is 5.78 Å². The molecule has 3 heterocycles. The van der Waals surface area contributed by atoms with Crippen LogP contribution in [-0.4, -0.2) is 177 Å². The number of carbonyl (C=O) groups is 5. The number of methoxy groups -OCH3 is 3. The Labute approximate surface area is 446 Å². The number of piperidine rings is 1. The molecular formula is C56H90N2O16S. The quantitative estimate of drug-likeness (QED) is 0.118. The van der Waals surface area contributed by atoms with Crippen molar-refractivity contribution >= 4 is 39.2 Å². The second kappa shape index (κ2) is 30.0. The highest BCUT2D eigenvalue weighted by molar-refractivity contribution is 7.89. The molecule has 0 aromatic heterocycles. The largest absolute Gasteiger partial charge is 0.460 e. The Morgan fingerprint density at radius 3 is 2.27 bits per heavy atom. The lowest BCUT2D eigenvalue weighted by atomic mass is 9.78. The number of fused-ring (bicyclic) bond motifs is 3. The Hall–Kier alpha value is -3.50. The second-order valence-electron chi connectivity index (χ2n) is 21.8. The number of rotatable bonds is 13. The summed E-state index contributed by atoms with van der Waals surface area (Å²) in [5, 5.41) is 33.1. The monoisotopic (exact) mass is 1080 g/mol. The molecule has 0 aromatic rings. The van der Waals surface area contributed by atoms with Crippen LogP contribution in [0.1, 0.15) is 126 Å². The van der Waals surface area contributed by atoms with Gasteiger partial charge in [0, 0.05) is 65.1 Å². The van der Waals surface area contributed by atoms with Crippen molar-refractivity contribution in [3.05, 3.63) is 47.6 Å². The van der Waals surface area contributed by atoms with Crippen molar-refractivity contribution in [3.8, 4) is 0 Å². The summed E-state index contributed by atoms with van der Waals surface area (Å²) in [6, 6.07) is -2.02. The Kier molecular flexibility index (Phi) is 25.6. The fourth-order valence-electron chi connectivity index (χ4n) is 11.2. The number of hydrogen-bond donors (Lipinski definition) is 3. The summed E-state index contributed by atoms with van der Waals surface area (Å²) in [6.45, 7) is 12.4. The van der Waals surface area contributed by atoms with Gasteiger partial charge in [-0.3, -0.25) is 19.2 Å². The molecule has 3 fully saturated rings. The van der Waals surface area contributed by atoms with Crippen LogP contribution in [0.2, 0.25) is 0 Å². The Bertz CT molecular complexity index is 2140. The highest BCUT2D eigenvalue weighted by Gasteiger charge is 2.53. The first kappa shape index (κ1) is 64.0. The first-order chi connectivity index (χ1) is 35.4. The van der Waals surface area contributed by atoms with E-state index in [0.717, 1.165) is 11.3 Å². The molecule has 3 N–H and O–H groups in total. The molecule has 75 heavy (non-hydrogen) atoms. The van der Waals surface area contributed by atoms with Crippen LogP contribution in [0, 0.1) is 35.5 Å². The number of ether oxygens (including phenoxy) is 6. The van der Waals surface area contributed by atoms with E-state index in [0.29, 0.717) is 56.1 Å². The lowest BCUT2D eigenvalue weighted by Crippen LogP contribution is -2.61. The molecule has 4 aliphatic rings. The van der Waals surface area contributed by atoms with E-state index in [9.17, 15) is 47.7 Å². The van der Waals surface area contributed by atoms with Crippen LogP contribution in [0.15, 0.2) is 47.6 Å². The zero-order valence-corrected chi connectivity index (χ0v) is 47.3. The van der Waals surface area contributed by atoms with E-state index >= 15 is 0 Å². The average molecular weight is 1080 g/mol. The molecule has 0 radical (unpaired) electrons. The summed E-state index contributed by atoms with van der Waals surface area (Å²) in [6.07, 6.45) is 10.4. The first-order valence-corrected chi connectivity index (χ1v) is 28.7. The molecule has 15 unspecified atom stereocenters. The van der Waals surface area contributed by atoms with E-state index in [1.165, 1.54) is 25.6 Å². The van der Waals surface area contributed by atoms with Gasteiger partial charge in [0.2, 0.25) is 15.8 Å². The number of sulfonamides is 1. The SMILES string of the molecule is COCCS(=O)(=O)N(C)C1CC2CCC(C)C(O)(O2)C(=O)C(=O)N2CCCCC2C(=O)OC(C(C)CC2CCC(OCCO)C(OC)C2)CC(=O)C(C)/C=C(\C)C(O)C(OC)C(=O)C(C)CC(C)/C=C/C=CC=C1C. The van der Waals surface area contributed by atoms with Gasteiger partial charge in [-0.2, -0.15) is 4.31 Å². The molecule has 3 aliphatic heterocycles. The van der Waals surface area contributed by atoms with Gasteiger partial charge in [-0.25, -0.2) is 13.2 Å². The van der Waals surface area contributed by atoms with Crippen LogP contribution in [-0.2, 0) is 62.4 Å².